The molecule has 0 saturated heterocycles. The summed E-state index contributed by atoms with van der Waals surface area (Å²) in [6.07, 6.45) is 0.188. The van der Waals surface area contributed by atoms with Crippen molar-refractivity contribution in [2.24, 2.45) is 0 Å². The van der Waals surface area contributed by atoms with Gasteiger partial charge in [-0.15, -0.1) is 0 Å². The molecule has 0 aliphatic carbocycles. The number of ether oxygens (including phenoxy) is 3. The van der Waals surface area contributed by atoms with E-state index in [1.165, 1.54) is 0 Å². The molecule has 0 spiro atoms. The van der Waals surface area contributed by atoms with Crippen LogP contribution in [-0.2, 0) is 11.3 Å². The lowest BCUT2D eigenvalue weighted by molar-refractivity contribution is 0.0544. The van der Waals surface area contributed by atoms with E-state index in [2.05, 4.69) is 5.32 Å². The fourth-order valence-corrected chi connectivity index (χ4v) is 1.56. The maximum absolute atomic E-state index is 5.68. The summed E-state index contributed by atoms with van der Waals surface area (Å²) in [4.78, 5) is 0. The fraction of sp³-hybridized carbons (Fsp3) is 0.538. The maximum Gasteiger partial charge on any atom is 0.161 e. The molecule has 0 amide bonds. The summed E-state index contributed by atoms with van der Waals surface area (Å²) in [5.41, 5.74) is 1.07. The van der Waals surface area contributed by atoms with Gasteiger partial charge in [0, 0.05) is 6.54 Å². The minimum Gasteiger partial charge on any atom is -0.493 e. The molecule has 1 rings (SSSR count). The molecule has 1 aromatic carbocycles. The molecule has 0 heterocycles. The van der Waals surface area contributed by atoms with Gasteiger partial charge in [-0.3, -0.25) is 0 Å². The molecule has 0 radical (unpaired) electrons. The summed E-state index contributed by atoms with van der Waals surface area (Å²) in [5.74, 6) is 1.47. The van der Waals surface area contributed by atoms with Gasteiger partial charge >= 0.3 is 0 Å². The minimum absolute atomic E-state index is 0.188. The van der Waals surface area contributed by atoms with E-state index in [0.29, 0.717) is 6.61 Å². The van der Waals surface area contributed by atoms with Gasteiger partial charge in [0.25, 0.3) is 0 Å². The monoisotopic (exact) mass is 239 g/mol. The van der Waals surface area contributed by atoms with Crippen molar-refractivity contribution >= 4 is 0 Å². The van der Waals surface area contributed by atoms with Crippen molar-refractivity contribution in [1.29, 1.82) is 0 Å². The van der Waals surface area contributed by atoms with Crippen molar-refractivity contribution < 1.29 is 14.2 Å². The van der Waals surface area contributed by atoms with Crippen molar-refractivity contribution in [2.45, 2.75) is 19.6 Å². The molecular weight excluding hydrogens is 218 g/mol. The van der Waals surface area contributed by atoms with E-state index in [9.17, 15) is 0 Å². The van der Waals surface area contributed by atoms with E-state index in [0.717, 1.165) is 23.6 Å². The molecule has 1 N–H and O–H groups in total. The number of benzene rings is 1. The second-order valence-electron chi connectivity index (χ2n) is 3.87. The van der Waals surface area contributed by atoms with Crippen LogP contribution in [0.2, 0.25) is 0 Å². The van der Waals surface area contributed by atoms with E-state index >= 15 is 0 Å². The summed E-state index contributed by atoms with van der Waals surface area (Å²) < 4.78 is 16.1. The van der Waals surface area contributed by atoms with Crippen molar-refractivity contribution in [2.75, 3.05) is 27.8 Å². The summed E-state index contributed by atoms with van der Waals surface area (Å²) >= 11 is 0. The zero-order valence-corrected chi connectivity index (χ0v) is 10.9. The van der Waals surface area contributed by atoms with Crippen molar-refractivity contribution in [1.82, 2.24) is 5.32 Å². The predicted molar refractivity (Wildman–Crippen MR) is 67.7 cm³/mol. The van der Waals surface area contributed by atoms with Crippen LogP contribution in [0.15, 0.2) is 18.2 Å². The third-order valence-corrected chi connectivity index (χ3v) is 2.47. The topological polar surface area (TPSA) is 39.7 Å². The quantitative estimate of drug-likeness (QED) is 0.788. The minimum atomic E-state index is 0.188. The molecule has 1 atom stereocenters. The molecule has 1 unspecified atom stereocenters. The molecule has 0 saturated carbocycles. The predicted octanol–water partition coefficient (Wildman–Crippen LogP) is 1.83. The molecule has 4 nitrogen and oxygen atoms in total. The second-order valence-corrected chi connectivity index (χ2v) is 3.87. The van der Waals surface area contributed by atoms with Crippen LogP contribution in [0, 0.1) is 0 Å². The second kappa shape index (κ2) is 7.14. The highest BCUT2D eigenvalue weighted by Crippen LogP contribution is 2.27. The van der Waals surface area contributed by atoms with Crippen molar-refractivity contribution in [3.8, 4) is 11.5 Å². The molecule has 0 bridgehead atoms. The highest BCUT2D eigenvalue weighted by atomic mass is 16.5. The van der Waals surface area contributed by atoms with Crippen LogP contribution in [0.3, 0.4) is 0 Å². The summed E-state index contributed by atoms with van der Waals surface area (Å²) in [7, 11) is 5.17. The molecule has 0 aliphatic rings. The van der Waals surface area contributed by atoms with Gasteiger partial charge in [0.1, 0.15) is 0 Å². The van der Waals surface area contributed by atoms with Crippen molar-refractivity contribution in [3.05, 3.63) is 23.8 Å². The Hall–Kier alpha value is -1.26. The van der Waals surface area contributed by atoms with Crippen LogP contribution < -0.4 is 14.8 Å². The molecule has 17 heavy (non-hydrogen) atoms. The highest BCUT2D eigenvalue weighted by molar-refractivity contribution is 5.42. The third kappa shape index (κ3) is 4.24. The van der Waals surface area contributed by atoms with Gasteiger partial charge in [0.05, 0.1) is 26.9 Å². The summed E-state index contributed by atoms with van der Waals surface area (Å²) in [6, 6.07) is 5.80. The van der Waals surface area contributed by atoms with Crippen LogP contribution >= 0.6 is 0 Å². The summed E-state index contributed by atoms with van der Waals surface area (Å²) in [6.45, 7) is 3.45. The Bertz CT molecular complexity index is 341. The largest absolute Gasteiger partial charge is 0.493 e. The zero-order valence-electron chi connectivity index (χ0n) is 10.9. The standard InChI is InChI=1S/C13H21NO3/c1-10(8-14-2)17-9-11-5-6-12(15-3)13(7-11)16-4/h5-7,10,14H,8-9H2,1-4H3. The highest BCUT2D eigenvalue weighted by Gasteiger charge is 2.06. The number of nitrogens with one attached hydrogen (secondary N) is 1. The number of methoxy groups -OCH3 is 2. The number of rotatable bonds is 7. The van der Waals surface area contributed by atoms with E-state index in [1.54, 1.807) is 14.2 Å². The van der Waals surface area contributed by atoms with Gasteiger partial charge in [-0.05, 0) is 31.7 Å². The van der Waals surface area contributed by atoms with Crippen LogP contribution in [0.5, 0.6) is 11.5 Å². The Kier molecular flexibility index (Phi) is 5.80. The Morgan fingerprint density at radius 3 is 2.47 bits per heavy atom. The molecular formula is C13H21NO3. The molecule has 4 heteroatoms. The average Bonchev–Trinajstić information content (AvgIpc) is 2.36. The van der Waals surface area contributed by atoms with E-state index < -0.39 is 0 Å². The van der Waals surface area contributed by atoms with Crippen LogP contribution in [0.1, 0.15) is 12.5 Å². The number of hydrogen-bond donors (Lipinski definition) is 1. The first kappa shape index (κ1) is 13.8. The van der Waals surface area contributed by atoms with Gasteiger partial charge in [-0.25, -0.2) is 0 Å². The Morgan fingerprint density at radius 1 is 1.18 bits per heavy atom. The van der Waals surface area contributed by atoms with Crippen LogP contribution in [0.4, 0.5) is 0 Å². The lowest BCUT2D eigenvalue weighted by atomic mass is 10.2. The molecule has 0 aliphatic heterocycles. The van der Waals surface area contributed by atoms with Crippen molar-refractivity contribution in [3.63, 3.8) is 0 Å². The normalized spacial score (nSPS) is 12.2. The first-order valence-electron chi connectivity index (χ1n) is 5.68. The van der Waals surface area contributed by atoms with E-state index in [1.807, 2.05) is 32.2 Å². The maximum atomic E-state index is 5.68. The van der Waals surface area contributed by atoms with Gasteiger partial charge in [-0.2, -0.15) is 0 Å². The Morgan fingerprint density at radius 2 is 1.88 bits per heavy atom. The first-order valence-corrected chi connectivity index (χ1v) is 5.68. The van der Waals surface area contributed by atoms with Gasteiger partial charge in [-0.1, -0.05) is 6.07 Å². The first-order chi connectivity index (χ1) is 8.21. The third-order valence-electron chi connectivity index (χ3n) is 2.47. The van der Waals surface area contributed by atoms with Crippen LogP contribution in [0.25, 0.3) is 0 Å². The van der Waals surface area contributed by atoms with Gasteiger partial charge < -0.3 is 19.5 Å². The average molecular weight is 239 g/mol. The molecule has 0 aromatic heterocycles. The van der Waals surface area contributed by atoms with Crippen LogP contribution in [-0.4, -0.2) is 33.9 Å². The number of hydrogen-bond acceptors (Lipinski definition) is 4. The van der Waals surface area contributed by atoms with E-state index in [4.69, 9.17) is 14.2 Å². The molecule has 1 aromatic rings. The molecule has 0 fully saturated rings. The van der Waals surface area contributed by atoms with Gasteiger partial charge in [0.2, 0.25) is 0 Å². The lowest BCUT2D eigenvalue weighted by Gasteiger charge is -2.14. The lowest BCUT2D eigenvalue weighted by Crippen LogP contribution is -2.23. The smallest absolute Gasteiger partial charge is 0.161 e. The number of likely N-dealkylation sites (N-methyl/N-ethyl adjacent to an activating group) is 1. The summed E-state index contributed by atoms with van der Waals surface area (Å²) in [5, 5.41) is 3.07. The fourth-order valence-electron chi connectivity index (χ4n) is 1.56. The SMILES string of the molecule is CNCC(C)OCc1ccc(OC)c(OC)c1. The zero-order chi connectivity index (χ0) is 12.7. The Labute approximate surface area is 103 Å². The van der Waals surface area contributed by atoms with Gasteiger partial charge in [0.15, 0.2) is 11.5 Å². The Balaban J connectivity index is 2.60. The molecule has 96 valence electrons. The van der Waals surface area contributed by atoms with E-state index in [-0.39, 0.29) is 6.10 Å².